The van der Waals surface area contributed by atoms with Crippen LogP contribution in [0.25, 0.3) is 5.69 Å². The molecule has 0 bridgehead atoms. The van der Waals surface area contributed by atoms with Gasteiger partial charge in [-0.05, 0) is 54.4 Å². The molecule has 4 aliphatic rings. The van der Waals surface area contributed by atoms with Crippen molar-refractivity contribution in [1.82, 2.24) is 40.4 Å². The number of rotatable bonds is 10. The molecule has 3 aliphatic heterocycles. The van der Waals surface area contributed by atoms with E-state index in [1.54, 1.807) is 35.1 Å². The van der Waals surface area contributed by atoms with E-state index in [4.69, 9.17) is 16.3 Å². The van der Waals surface area contributed by atoms with Gasteiger partial charge < -0.3 is 19.9 Å². The summed E-state index contributed by atoms with van der Waals surface area (Å²) in [6.45, 7) is 12.7. The molecule has 0 radical (unpaired) electrons. The summed E-state index contributed by atoms with van der Waals surface area (Å²) < 4.78 is 8.07. The van der Waals surface area contributed by atoms with Crippen molar-refractivity contribution >= 4 is 41.0 Å². The van der Waals surface area contributed by atoms with Gasteiger partial charge in [-0.1, -0.05) is 44.5 Å². The number of imide groups is 1. The Bertz CT molecular complexity index is 2310. The third kappa shape index (κ3) is 7.26. The van der Waals surface area contributed by atoms with Crippen molar-refractivity contribution in [2.75, 3.05) is 37.6 Å². The fourth-order valence-corrected chi connectivity index (χ4v) is 9.45. The first kappa shape index (κ1) is 39.0. The number of halogens is 1. The van der Waals surface area contributed by atoms with Gasteiger partial charge in [0.25, 0.3) is 11.8 Å². The molecule has 1 aliphatic carbocycles. The number of benzene rings is 2. The highest BCUT2D eigenvalue weighted by Gasteiger charge is 2.64. The summed E-state index contributed by atoms with van der Waals surface area (Å²) in [5.74, 6) is 0.279. The number of ether oxygens (including phenoxy) is 1. The Morgan fingerprint density at radius 3 is 2.50 bits per heavy atom. The Hall–Kier alpha value is -5.85. The molecule has 2 N–H and O–H groups in total. The van der Waals surface area contributed by atoms with E-state index in [1.165, 1.54) is 4.90 Å². The van der Waals surface area contributed by atoms with Gasteiger partial charge >= 0.3 is 0 Å². The van der Waals surface area contributed by atoms with Crippen molar-refractivity contribution in [3.05, 3.63) is 93.9 Å². The number of hydrogen-bond acceptors (Lipinski definition) is 11. The van der Waals surface area contributed by atoms with Crippen LogP contribution in [0.2, 0.25) is 5.02 Å². The summed E-state index contributed by atoms with van der Waals surface area (Å²) in [4.78, 5) is 61.4. The Kier molecular flexibility index (Phi) is 10.2. The number of carbonyl (C=O) groups is 4. The molecule has 16 heteroatoms. The topological polar surface area (TPSA) is 179 Å². The number of fused-ring (bicyclic) bond motifs is 1. The first-order valence-electron chi connectivity index (χ1n) is 19.5. The summed E-state index contributed by atoms with van der Waals surface area (Å²) in [6.07, 6.45) is 4.60. The largest absolute Gasteiger partial charge is 0.489 e. The molecular weight excluding hydrogens is 760 g/mol. The Balaban J connectivity index is 0.802. The minimum absolute atomic E-state index is 0.158. The zero-order chi connectivity index (χ0) is 40.9. The van der Waals surface area contributed by atoms with Crippen molar-refractivity contribution in [2.45, 2.75) is 71.7 Å². The SMILES string of the molecule is CC1(C)[C@H](NC(=O)c2ccc(N3CCN(CCc4cn(-c5ccc6c(c5)CN(C5CCC(=O)NC5=O)C6=O)nn4)CC3)nc2)C(C)(C)[C@H]1Oc1ccc(C#N)c(Cl)c1. The third-order valence-electron chi connectivity index (χ3n) is 12.1. The van der Waals surface area contributed by atoms with Crippen LogP contribution in [0.1, 0.15) is 78.1 Å². The maximum Gasteiger partial charge on any atom is 0.255 e. The maximum absolute atomic E-state index is 13.4. The summed E-state index contributed by atoms with van der Waals surface area (Å²) in [5, 5.41) is 23.9. The molecule has 3 fully saturated rings. The Labute approximate surface area is 341 Å². The van der Waals surface area contributed by atoms with Crippen molar-refractivity contribution in [1.29, 1.82) is 5.26 Å². The lowest BCUT2D eigenvalue weighted by molar-refractivity contribution is -0.164. The second-order valence-electron chi connectivity index (χ2n) is 16.7. The van der Waals surface area contributed by atoms with Crippen LogP contribution in [0.15, 0.2) is 60.9 Å². The van der Waals surface area contributed by atoms with Crippen molar-refractivity contribution in [3.63, 3.8) is 0 Å². The summed E-state index contributed by atoms with van der Waals surface area (Å²) >= 11 is 6.24. The maximum atomic E-state index is 13.4. The third-order valence-corrected chi connectivity index (χ3v) is 12.4. The Morgan fingerprint density at radius 2 is 1.81 bits per heavy atom. The van der Waals surface area contributed by atoms with Crippen LogP contribution in [0, 0.1) is 22.2 Å². The van der Waals surface area contributed by atoms with Gasteiger partial charge in [0.15, 0.2) is 0 Å². The number of nitrogens with one attached hydrogen (secondary N) is 2. The van der Waals surface area contributed by atoms with Gasteiger partial charge in [-0.2, -0.15) is 5.26 Å². The minimum Gasteiger partial charge on any atom is -0.489 e. The van der Waals surface area contributed by atoms with Gasteiger partial charge in [0, 0.05) is 86.8 Å². The van der Waals surface area contributed by atoms with Crippen LogP contribution in [0.4, 0.5) is 5.82 Å². The van der Waals surface area contributed by atoms with Gasteiger partial charge in [0.2, 0.25) is 11.8 Å². The highest BCUT2D eigenvalue weighted by molar-refractivity contribution is 6.31. The lowest BCUT2D eigenvalue weighted by atomic mass is 9.49. The van der Waals surface area contributed by atoms with Crippen LogP contribution < -0.4 is 20.3 Å². The zero-order valence-electron chi connectivity index (χ0n) is 32.9. The van der Waals surface area contributed by atoms with Crippen LogP contribution in [-0.2, 0) is 22.6 Å². The van der Waals surface area contributed by atoms with Gasteiger partial charge in [-0.25, -0.2) is 9.67 Å². The predicted octanol–water partition coefficient (Wildman–Crippen LogP) is 3.93. The van der Waals surface area contributed by atoms with Crippen LogP contribution in [-0.4, -0.2) is 104 Å². The van der Waals surface area contributed by atoms with Crippen LogP contribution >= 0.6 is 11.6 Å². The normalized spacial score (nSPS) is 22.5. The predicted molar refractivity (Wildman–Crippen MR) is 213 cm³/mol. The summed E-state index contributed by atoms with van der Waals surface area (Å²) in [5.41, 5.74) is 3.13. The van der Waals surface area contributed by atoms with E-state index in [2.05, 4.69) is 69.5 Å². The van der Waals surface area contributed by atoms with E-state index < -0.39 is 11.9 Å². The van der Waals surface area contributed by atoms with Crippen molar-refractivity contribution in [2.24, 2.45) is 10.8 Å². The number of piperidine rings is 1. The molecule has 2 aromatic heterocycles. The number of carbonyl (C=O) groups excluding carboxylic acids is 4. The van der Waals surface area contributed by atoms with E-state index in [0.29, 0.717) is 40.4 Å². The Morgan fingerprint density at radius 1 is 1.03 bits per heavy atom. The summed E-state index contributed by atoms with van der Waals surface area (Å²) in [7, 11) is 0. The lowest BCUT2D eigenvalue weighted by Crippen LogP contribution is -2.74. The second-order valence-corrected chi connectivity index (χ2v) is 17.1. The number of nitrogens with zero attached hydrogens (tertiary/aromatic N) is 8. The van der Waals surface area contributed by atoms with Gasteiger partial charge in [0.05, 0.1) is 33.7 Å². The average molecular weight is 805 g/mol. The average Bonchev–Trinajstić information content (AvgIpc) is 3.82. The number of anilines is 1. The molecule has 15 nitrogen and oxygen atoms in total. The molecule has 0 spiro atoms. The number of aromatic nitrogens is 4. The fourth-order valence-electron chi connectivity index (χ4n) is 9.23. The number of amides is 4. The smallest absolute Gasteiger partial charge is 0.255 e. The van der Waals surface area contributed by atoms with Gasteiger partial charge in [0.1, 0.15) is 29.8 Å². The zero-order valence-corrected chi connectivity index (χ0v) is 33.6. The van der Waals surface area contributed by atoms with E-state index in [0.717, 1.165) is 61.9 Å². The van der Waals surface area contributed by atoms with Crippen LogP contribution in [0.3, 0.4) is 0 Å². The van der Waals surface area contributed by atoms with Crippen molar-refractivity contribution in [3.8, 4) is 17.5 Å². The van der Waals surface area contributed by atoms with E-state index in [1.807, 2.05) is 30.5 Å². The molecule has 4 aromatic rings. The molecule has 1 unspecified atom stereocenters. The minimum atomic E-state index is -0.657. The van der Waals surface area contributed by atoms with Gasteiger partial charge in [-0.15, -0.1) is 5.10 Å². The highest BCUT2D eigenvalue weighted by atomic mass is 35.5. The van der Waals surface area contributed by atoms with Crippen LogP contribution in [0.5, 0.6) is 5.75 Å². The number of nitriles is 1. The number of piperazine rings is 1. The molecule has 8 rings (SSSR count). The first-order chi connectivity index (χ1) is 27.7. The molecule has 300 valence electrons. The van der Waals surface area contributed by atoms with Crippen molar-refractivity contribution < 1.29 is 23.9 Å². The molecule has 2 aromatic carbocycles. The number of pyridine rings is 1. The monoisotopic (exact) mass is 804 g/mol. The van der Waals surface area contributed by atoms with E-state index in [9.17, 15) is 24.4 Å². The fraction of sp³-hybridized carbons (Fsp3) is 0.429. The molecule has 4 amide bonds. The lowest BCUT2D eigenvalue weighted by Gasteiger charge is -2.63. The van der Waals surface area contributed by atoms with E-state index >= 15 is 0 Å². The molecular formula is C42H45ClN10O5. The highest BCUT2D eigenvalue weighted by Crippen LogP contribution is 2.55. The van der Waals surface area contributed by atoms with E-state index in [-0.39, 0.29) is 47.1 Å². The molecule has 5 heterocycles. The molecule has 1 atom stereocenters. The molecule has 58 heavy (non-hydrogen) atoms. The van der Waals surface area contributed by atoms with Gasteiger partial charge in [-0.3, -0.25) is 29.4 Å². The molecule has 1 saturated carbocycles. The molecule has 2 saturated heterocycles. The quantitative estimate of drug-likeness (QED) is 0.222. The standard InChI is InChI=1S/C42H45ClN10O5/c1-41(2)39(42(3,4)40(41)58-30-8-5-25(21-44)32(43)20-30)47-36(55)26-6-11-34(45-22-26)51-17-15-50(16-18-51)14-13-28-24-53(49-48-28)29-7-9-31-27(19-29)23-52(38(31)57)33-10-12-35(54)46-37(33)56/h5-9,11,19-20,22,24,33,39-40H,10,12-18,23H2,1-4H3,(H,47,55)(H,46,54,56)/t33?,39-,40-. The first-order valence-corrected chi connectivity index (χ1v) is 19.9. The summed E-state index contributed by atoms with van der Waals surface area (Å²) in [6, 6.07) is 15.5. The second kappa shape index (κ2) is 15.1. The number of hydrogen-bond donors (Lipinski definition) is 2.